The number of aromatic nitrogens is 1. The van der Waals surface area contributed by atoms with Crippen molar-refractivity contribution in [1.82, 2.24) is 4.98 Å². The van der Waals surface area contributed by atoms with Gasteiger partial charge in [-0.1, -0.05) is 11.6 Å². The third kappa shape index (κ3) is 3.39. The molecule has 2 rings (SSSR count). The first-order valence-corrected chi connectivity index (χ1v) is 6.29. The quantitative estimate of drug-likeness (QED) is 0.798. The molecule has 0 saturated carbocycles. The Hall–Kier alpha value is -1.27. The topological polar surface area (TPSA) is 24.9 Å². The summed E-state index contributed by atoms with van der Waals surface area (Å²) < 4.78 is 38.2. The second-order valence-electron chi connectivity index (χ2n) is 3.65. The summed E-state index contributed by atoms with van der Waals surface area (Å²) in [6.07, 6.45) is -2.85. The first kappa shape index (κ1) is 14.1. The van der Waals surface area contributed by atoms with E-state index in [-0.39, 0.29) is 5.02 Å². The summed E-state index contributed by atoms with van der Waals surface area (Å²) in [5.41, 5.74) is -0.433. The van der Waals surface area contributed by atoms with Crippen LogP contribution in [-0.2, 0) is 6.18 Å². The van der Waals surface area contributed by atoms with Crippen LogP contribution in [0.4, 0.5) is 24.7 Å². The van der Waals surface area contributed by atoms with Crippen molar-refractivity contribution < 1.29 is 13.2 Å². The molecule has 2 aromatic rings. The van der Waals surface area contributed by atoms with Crippen LogP contribution in [0.3, 0.4) is 0 Å². The first-order valence-electron chi connectivity index (χ1n) is 5.12. The minimum absolute atomic E-state index is 0.0209. The molecule has 0 bridgehead atoms. The summed E-state index contributed by atoms with van der Waals surface area (Å²) in [5, 5.41) is 2.84. The Morgan fingerprint density at radius 1 is 1.21 bits per heavy atom. The largest absolute Gasteiger partial charge is 0.416 e. The molecule has 0 saturated heterocycles. The highest BCUT2D eigenvalue weighted by molar-refractivity contribution is 9.10. The Kier molecular flexibility index (Phi) is 4.01. The third-order valence-corrected chi connectivity index (χ3v) is 3.26. The molecular weight excluding hydrogens is 344 g/mol. The maximum absolute atomic E-state index is 12.5. The zero-order valence-corrected chi connectivity index (χ0v) is 11.6. The lowest BCUT2D eigenvalue weighted by molar-refractivity contribution is -0.137. The normalized spacial score (nSPS) is 11.4. The van der Waals surface area contributed by atoms with Gasteiger partial charge in [0.15, 0.2) is 0 Å². The molecule has 0 fully saturated rings. The zero-order valence-electron chi connectivity index (χ0n) is 9.30. The number of alkyl halides is 3. The molecule has 0 amide bonds. The number of anilines is 2. The Morgan fingerprint density at radius 2 is 1.95 bits per heavy atom. The highest BCUT2D eigenvalue weighted by Crippen LogP contribution is 2.35. The van der Waals surface area contributed by atoms with Crippen LogP contribution >= 0.6 is 27.5 Å². The highest BCUT2D eigenvalue weighted by Gasteiger charge is 2.30. The van der Waals surface area contributed by atoms with E-state index in [1.807, 2.05) is 0 Å². The van der Waals surface area contributed by atoms with Crippen molar-refractivity contribution in [2.45, 2.75) is 6.18 Å². The number of hydrogen-bond acceptors (Lipinski definition) is 2. The van der Waals surface area contributed by atoms with Crippen LogP contribution in [0.5, 0.6) is 0 Å². The Balaban J connectivity index is 2.30. The monoisotopic (exact) mass is 350 g/mol. The number of hydrogen-bond donors (Lipinski definition) is 1. The van der Waals surface area contributed by atoms with Gasteiger partial charge >= 0.3 is 6.18 Å². The molecule has 0 radical (unpaired) electrons. The van der Waals surface area contributed by atoms with E-state index in [1.54, 1.807) is 18.3 Å². The SMILES string of the molecule is FC(F)(F)c1ccc(Nc2ncccc2Br)c(Cl)c1. The molecule has 1 aromatic carbocycles. The Morgan fingerprint density at radius 3 is 2.53 bits per heavy atom. The van der Waals surface area contributed by atoms with Crippen LogP contribution in [0.25, 0.3) is 0 Å². The maximum Gasteiger partial charge on any atom is 0.416 e. The average Bonchev–Trinajstić information content (AvgIpc) is 2.33. The Bertz CT molecular complexity index is 602. The van der Waals surface area contributed by atoms with Gasteiger partial charge < -0.3 is 5.32 Å². The summed E-state index contributed by atoms with van der Waals surface area (Å²) in [6, 6.07) is 6.59. The molecule has 1 N–H and O–H groups in total. The van der Waals surface area contributed by atoms with Gasteiger partial charge in [0.05, 0.1) is 20.7 Å². The Labute approximate surface area is 120 Å². The molecule has 100 valence electrons. The smallest absolute Gasteiger partial charge is 0.338 e. The van der Waals surface area contributed by atoms with Crippen LogP contribution < -0.4 is 5.32 Å². The van der Waals surface area contributed by atoms with Gasteiger partial charge in [-0.25, -0.2) is 4.98 Å². The fraction of sp³-hybridized carbons (Fsp3) is 0.0833. The van der Waals surface area contributed by atoms with Crippen LogP contribution in [-0.4, -0.2) is 4.98 Å². The number of nitrogens with one attached hydrogen (secondary N) is 1. The summed E-state index contributed by atoms with van der Waals surface area (Å²) in [6.45, 7) is 0. The molecule has 1 heterocycles. The second-order valence-corrected chi connectivity index (χ2v) is 4.91. The lowest BCUT2D eigenvalue weighted by atomic mass is 10.2. The molecule has 0 aliphatic carbocycles. The maximum atomic E-state index is 12.5. The number of pyridine rings is 1. The van der Waals surface area contributed by atoms with E-state index >= 15 is 0 Å². The number of benzene rings is 1. The van der Waals surface area contributed by atoms with Gasteiger partial charge in [0.2, 0.25) is 0 Å². The van der Waals surface area contributed by atoms with Gasteiger partial charge in [0.25, 0.3) is 0 Å². The number of nitrogens with zero attached hydrogens (tertiary/aromatic N) is 1. The van der Waals surface area contributed by atoms with Gasteiger partial charge in [0, 0.05) is 6.20 Å². The van der Waals surface area contributed by atoms with E-state index in [4.69, 9.17) is 11.6 Å². The van der Waals surface area contributed by atoms with E-state index in [2.05, 4.69) is 26.2 Å². The second kappa shape index (κ2) is 5.38. The van der Waals surface area contributed by atoms with Crippen molar-refractivity contribution in [3.05, 3.63) is 51.6 Å². The van der Waals surface area contributed by atoms with Crippen LogP contribution in [0, 0.1) is 0 Å². The fourth-order valence-corrected chi connectivity index (χ4v) is 1.98. The molecule has 7 heteroatoms. The third-order valence-electron chi connectivity index (χ3n) is 2.31. The van der Waals surface area contributed by atoms with Crippen molar-refractivity contribution in [3.63, 3.8) is 0 Å². The van der Waals surface area contributed by atoms with Gasteiger partial charge in [-0.3, -0.25) is 0 Å². The molecule has 0 spiro atoms. The molecule has 0 atom stereocenters. The van der Waals surface area contributed by atoms with Crippen LogP contribution in [0.15, 0.2) is 41.0 Å². The van der Waals surface area contributed by atoms with Crippen molar-refractivity contribution in [1.29, 1.82) is 0 Å². The van der Waals surface area contributed by atoms with Gasteiger partial charge in [-0.2, -0.15) is 13.2 Å². The molecule has 1 aromatic heterocycles. The van der Waals surface area contributed by atoms with Crippen molar-refractivity contribution in [2.75, 3.05) is 5.32 Å². The van der Waals surface area contributed by atoms with Crippen LogP contribution in [0.1, 0.15) is 5.56 Å². The number of halogens is 5. The predicted molar refractivity (Wildman–Crippen MR) is 71.7 cm³/mol. The number of rotatable bonds is 2. The minimum Gasteiger partial charge on any atom is -0.338 e. The van der Waals surface area contributed by atoms with Crippen molar-refractivity contribution in [2.24, 2.45) is 0 Å². The molecular formula is C12H7BrClF3N2. The molecule has 0 unspecified atom stereocenters. The van der Waals surface area contributed by atoms with Crippen LogP contribution in [0.2, 0.25) is 5.02 Å². The van der Waals surface area contributed by atoms with Gasteiger partial charge in [0.1, 0.15) is 5.82 Å². The zero-order chi connectivity index (χ0) is 14.0. The minimum atomic E-state index is -4.41. The summed E-state index contributed by atoms with van der Waals surface area (Å²) in [4.78, 5) is 4.05. The van der Waals surface area contributed by atoms with E-state index < -0.39 is 11.7 Å². The molecule has 19 heavy (non-hydrogen) atoms. The lowest BCUT2D eigenvalue weighted by Gasteiger charge is -2.12. The summed E-state index contributed by atoms with van der Waals surface area (Å²) in [7, 11) is 0. The first-order chi connectivity index (χ1) is 8.88. The van der Waals surface area contributed by atoms with E-state index in [0.717, 1.165) is 12.1 Å². The standard InChI is InChI=1S/C12H7BrClF3N2/c13-8-2-1-5-18-11(8)19-10-4-3-7(6-9(10)14)12(15,16)17/h1-6H,(H,18,19). The summed E-state index contributed by atoms with van der Waals surface area (Å²) in [5.74, 6) is 0.476. The molecule has 0 aliphatic rings. The van der Waals surface area contributed by atoms with Gasteiger partial charge in [-0.15, -0.1) is 0 Å². The predicted octanol–water partition coefficient (Wildman–Crippen LogP) is 5.26. The van der Waals surface area contributed by atoms with E-state index in [0.29, 0.717) is 16.0 Å². The van der Waals surface area contributed by atoms with Crippen molar-refractivity contribution in [3.8, 4) is 0 Å². The van der Waals surface area contributed by atoms with E-state index in [1.165, 1.54) is 6.07 Å². The van der Waals surface area contributed by atoms with Gasteiger partial charge in [-0.05, 0) is 46.3 Å². The highest BCUT2D eigenvalue weighted by atomic mass is 79.9. The van der Waals surface area contributed by atoms with Crippen molar-refractivity contribution >= 4 is 39.0 Å². The fourth-order valence-electron chi connectivity index (χ4n) is 1.40. The lowest BCUT2D eigenvalue weighted by Crippen LogP contribution is -2.05. The average molecular weight is 352 g/mol. The van der Waals surface area contributed by atoms with E-state index in [9.17, 15) is 13.2 Å². The summed E-state index contributed by atoms with van der Waals surface area (Å²) >= 11 is 9.11. The molecule has 2 nitrogen and oxygen atoms in total. The molecule has 0 aliphatic heterocycles.